The monoisotopic (exact) mass is 351 g/mol. The van der Waals surface area contributed by atoms with Gasteiger partial charge >= 0.3 is 0 Å². The lowest BCUT2D eigenvalue weighted by atomic mass is 10.1. The first-order valence-corrected chi connectivity index (χ1v) is 8.20. The molecule has 0 saturated carbocycles. The SMILES string of the molecule is COc1ccc(CN2C=NN(c3ccc(-c4cn[nH]c4)cc3)C2)cc1F. The molecule has 0 spiro atoms. The number of nitrogens with one attached hydrogen (secondary N) is 1. The van der Waals surface area contributed by atoms with Crippen LogP contribution < -0.4 is 9.75 Å². The maximum absolute atomic E-state index is 13.8. The van der Waals surface area contributed by atoms with Gasteiger partial charge in [-0.3, -0.25) is 5.10 Å². The molecule has 2 aromatic carbocycles. The van der Waals surface area contributed by atoms with Crippen molar-refractivity contribution < 1.29 is 9.13 Å². The Bertz CT molecular complexity index is 908. The van der Waals surface area contributed by atoms with Crippen molar-refractivity contribution in [2.75, 3.05) is 18.8 Å². The zero-order valence-corrected chi connectivity index (χ0v) is 14.3. The van der Waals surface area contributed by atoms with E-state index in [1.807, 2.05) is 46.4 Å². The van der Waals surface area contributed by atoms with Crippen LogP contribution in [0.5, 0.6) is 5.75 Å². The predicted octanol–water partition coefficient (Wildman–Crippen LogP) is 3.45. The molecule has 0 fully saturated rings. The average molecular weight is 351 g/mol. The van der Waals surface area contributed by atoms with Gasteiger partial charge in [-0.1, -0.05) is 18.2 Å². The van der Waals surface area contributed by atoms with E-state index in [4.69, 9.17) is 4.74 Å². The summed E-state index contributed by atoms with van der Waals surface area (Å²) in [5, 5.41) is 13.1. The van der Waals surface area contributed by atoms with Crippen LogP contribution in [0.1, 0.15) is 5.56 Å². The Morgan fingerprint density at radius 2 is 2.00 bits per heavy atom. The van der Waals surface area contributed by atoms with Crippen LogP contribution in [0, 0.1) is 5.82 Å². The second kappa shape index (κ2) is 6.87. The Morgan fingerprint density at radius 1 is 1.15 bits per heavy atom. The van der Waals surface area contributed by atoms with Gasteiger partial charge in [-0.05, 0) is 35.4 Å². The summed E-state index contributed by atoms with van der Waals surface area (Å²) in [5.74, 6) is -0.101. The van der Waals surface area contributed by atoms with Crippen LogP contribution in [-0.4, -0.2) is 35.2 Å². The summed E-state index contributed by atoms with van der Waals surface area (Å²) < 4.78 is 18.8. The number of H-pyrrole nitrogens is 1. The number of halogens is 1. The highest BCUT2D eigenvalue weighted by atomic mass is 19.1. The number of rotatable bonds is 5. The molecular weight excluding hydrogens is 333 g/mol. The molecule has 3 aromatic rings. The fraction of sp³-hybridized carbons (Fsp3) is 0.158. The first-order valence-electron chi connectivity index (χ1n) is 8.20. The zero-order valence-electron chi connectivity index (χ0n) is 14.3. The lowest BCUT2D eigenvalue weighted by Crippen LogP contribution is -2.26. The number of hydrogen-bond acceptors (Lipinski definition) is 5. The van der Waals surface area contributed by atoms with E-state index in [2.05, 4.69) is 15.3 Å². The molecular formula is C19H18FN5O. The van der Waals surface area contributed by atoms with Gasteiger partial charge in [0, 0.05) is 18.3 Å². The summed E-state index contributed by atoms with van der Waals surface area (Å²) in [6, 6.07) is 13.1. The van der Waals surface area contributed by atoms with E-state index in [0.717, 1.165) is 22.4 Å². The zero-order chi connectivity index (χ0) is 17.9. The number of aromatic nitrogens is 2. The smallest absolute Gasteiger partial charge is 0.165 e. The Kier molecular flexibility index (Phi) is 4.27. The normalized spacial score (nSPS) is 13.5. The van der Waals surface area contributed by atoms with Crippen molar-refractivity contribution in [2.45, 2.75) is 6.54 Å². The summed E-state index contributed by atoms with van der Waals surface area (Å²) in [5.41, 5.74) is 4.00. The molecule has 1 aliphatic rings. The summed E-state index contributed by atoms with van der Waals surface area (Å²) in [7, 11) is 1.46. The minimum Gasteiger partial charge on any atom is -0.494 e. The number of hydrogen-bond donors (Lipinski definition) is 1. The molecule has 1 N–H and O–H groups in total. The molecule has 0 radical (unpaired) electrons. The lowest BCUT2D eigenvalue weighted by Gasteiger charge is -2.19. The summed E-state index contributed by atoms with van der Waals surface area (Å²) in [6.45, 7) is 1.19. The second-order valence-corrected chi connectivity index (χ2v) is 6.02. The molecule has 132 valence electrons. The topological polar surface area (TPSA) is 56.8 Å². The highest BCUT2D eigenvalue weighted by Gasteiger charge is 2.16. The van der Waals surface area contributed by atoms with E-state index in [1.54, 1.807) is 18.6 Å². The molecule has 4 rings (SSSR count). The van der Waals surface area contributed by atoms with Crippen LogP contribution in [0.3, 0.4) is 0 Å². The third-order valence-corrected chi connectivity index (χ3v) is 4.27. The quantitative estimate of drug-likeness (QED) is 0.765. The van der Waals surface area contributed by atoms with Crippen molar-refractivity contribution >= 4 is 12.0 Å². The molecule has 26 heavy (non-hydrogen) atoms. The van der Waals surface area contributed by atoms with Gasteiger partial charge in [0.25, 0.3) is 0 Å². The summed E-state index contributed by atoms with van der Waals surface area (Å²) >= 11 is 0. The van der Waals surface area contributed by atoms with Gasteiger partial charge < -0.3 is 9.64 Å². The van der Waals surface area contributed by atoms with Crippen molar-refractivity contribution in [3.63, 3.8) is 0 Å². The number of benzene rings is 2. The molecule has 0 aliphatic carbocycles. The standard InChI is InChI=1S/C19H18FN5O/c1-26-19-7-2-14(8-18(19)20)11-24-12-23-25(13-24)17-5-3-15(4-6-17)16-9-21-22-10-16/h2-10,12H,11,13H2,1H3,(H,21,22). The van der Waals surface area contributed by atoms with E-state index in [0.29, 0.717) is 13.2 Å². The van der Waals surface area contributed by atoms with Gasteiger partial charge in [-0.2, -0.15) is 10.2 Å². The van der Waals surface area contributed by atoms with Gasteiger partial charge in [-0.15, -0.1) is 0 Å². The number of hydrazone groups is 1. The van der Waals surface area contributed by atoms with Gasteiger partial charge in [0.05, 0.1) is 19.0 Å². The fourth-order valence-corrected chi connectivity index (χ4v) is 2.90. The van der Waals surface area contributed by atoms with Gasteiger partial charge in [0.2, 0.25) is 0 Å². The van der Waals surface area contributed by atoms with Crippen LogP contribution in [0.15, 0.2) is 60.0 Å². The van der Waals surface area contributed by atoms with Crippen molar-refractivity contribution in [2.24, 2.45) is 5.10 Å². The number of aromatic amines is 1. The second-order valence-electron chi connectivity index (χ2n) is 6.02. The van der Waals surface area contributed by atoms with Crippen LogP contribution in [0.25, 0.3) is 11.1 Å². The van der Waals surface area contributed by atoms with Crippen molar-refractivity contribution in [1.82, 2.24) is 15.1 Å². The third-order valence-electron chi connectivity index (χ3n) is 4.27. The molecule has 1 aromatic heterocycles. The maximum Gasteiger partial charge on any atom is 0.165 e. The van der Waals surface area contributed by atoms with Crippen LogP contribution >= 0.6 is 0 Å². The number of anilines is 1. The van der Waals surface area contributed by atoms with Crippen molar-refractivity contribution in [3.8, 4) is 16.9 Å². The van der Waals surface area contributed by atoms with Crippen molar-refractivity contribution in [3.05, 3.63) is 66.2 Å². The summed E-state index contributed by atoms with van der Waals surface area (Å²) in [4.78, 5) is 2.02. The molecule has 0 amide bonds. The fourth-order valence-electron chi connectivity index (χ4n) is 2.90. The Balaban J connectivity index is 1.41. The molecule has 0 atom stereocenters. The number of ether oxygens (including phenoxy) is 1. The van der Waals surface area contributed by atoms with E-state index in [-0.39, 0.29) is 11.6 Å². The Labute approximate surface area is 150 Å². The van der Waals surface area contributed by atoms with Crippen LogP contribution in [-0.2, 0) is 6.54 Å². The lowest BCUT2D eigenvalue weighted by molar-refractivity contribution is 0.384. The van der Waals surface area contributed by atoms with E-state index in [9.17, 15) is 4.39 Å². The van der Waals surface area contributed by atoms with Crippen LogP contribution in [0.2, 0.25) is 0 Å². The molecule has 0 bridgehead atoms. The third kappa shape index (κ3) is 3.23. The highest BCUT2D eigenvalue weighted by Crippen LogP contribution is 2.24. The number of methoxy groups -OCH3 is 1. The first-order chi connectivity index (χ1) is 12.7. The van der Waals surface area contributed by atoms with E-state index in [1.165, 1.54) is 13.2 Å². The molecule has 2 heterocycles. The van der Waals surface area contributed by atoms with Crippen LogP contribution in [0.4, 0.5) is 10.1 Å². The number of nitrogens with zero attached hydrogens (tertiary/aromatic N) is 4. The molecule has 0 unspecified atom stereocenters. The minimum atomic E-state index is -0.354. The molecule has 1 aliphatic heterocycles. The van der Waals surface area contributed by atoms with E-state index >= 15 is 0 Å². The Morgan fingerprint density at radius 3 is 2.69 bits per heavy atom. The predicted molar refractivity (Wildman–Crippen MR) is 98.4 cm³/mol. The summed E-state index contributed by atoms with van der Waals surface area (Å²) in [6.07, 6.45) is 5.42. The molecule has 7 heteroatoms. The molecule has 6 nitrogen and oxygen atoms in total. The van der Waals surface area contributed by atoms with Gasteiger partial charge in [-0.25, -0.2) is 9.40 Å². The Hall–Kier alpha value is -3.35. The molecule has 0 saturated heterocycles. The average Bonchev–Trinajstić information content (AvgIpc) is 3.34. The van der Waals surface area contributed by atoms with Gasteiger partial charge in [0.1, 0.15) is 13.0 Å². The first kappa shape index (κ1) is 16.1. The largest absolute Gasteiger partial charge is 0.494 e. The highest BCUT2D eigenvalue weighted by molar-refractivity contribution is 5.67. The maximum atomic E-state index is 13.8. The van der Waals surface area contributed by atoms with Gasteiger partial charge in [0.15, 0.2) is 11.6 Å². The van der Waals surface area contributed by atoms with Crippen molar-refractivity contribution in [1.29, 1.82) is 0 Å². The van der Waals surface area contributed by atoms with E-state index < -0.39 is 0 Å². The minimum absolute atomic E-state index is 0.253.